The first kappa shape index (κ1) is 20.5. The number of carbonyl (C=O) groups is 2. The number of sulfonamides is 1. The van der Waals surface area contributed by atoms with Crippen molar-refractivity contribution in [3.8, 4) is 5.75 Å². The zero-order chi connectivity index (χ0) is 20.4. The van der Waals surface area contributed by atoms with Crippen LogP contribution in [0.1, 0.15) is 15.9 Å². The Morgan fingerprint density at radius 2 is 1.89 bits per heavy atom. The minimum Gasteiger partial charge on any atom is -0.483 e. The molecule has 2 aromatic rings. The molecule has 0 atom stereocenters. The highest BCUT2D eigenvalue weighted by Gasteiger charge is 2.28. The number of benzene rings is 2. The lowest BCUT2D eigenvalue weighted by Crippen LogP contribution is -2.28. The molecular formula is C17H17ClN2O6S. The fraction of sp³-hybridized carbons (Fsp3) is 0.176. The summed E-state index contributed by atoms with van der Waals surface area (Å²) in [5.41, 5.74) is 5.34. The van der Waals surface area contributed by atoms with Crippen LogP contribution in [0.15, 0.2) is 41.3 Å². The molecule has 0 saturated carbocycles. The molecule has 0 aliphatic rings. The Kier molecular flexibility index (Phi) is 5.97. The van der Waals surface area contributed by atoms with E-state index in [0.717, 1.165) is 4.31 Å². The number of para-hydroxylation sites is 1. The lowest BCUT2D eigenvalue weighted by atomic mass is 10.2. The van der Waals surface area contributed by atoms with Crippen molar-refractivity contribution in [3.05, 3.63) is 52.5 Å². The Balaban J connectivity index is 2.54. The third-order valence-corrected chi connectivity index (χ3v) is 5.95. The second-order valence-corrected chi connectivity index (χ2v) is 7.94. The Morgan fingerprint density at radius 3 is 2.48 bits per heavy atom. The van der Waals surface area contributed by atoms with Crippen LogP contribution >= 0.6 is 11.6 Å². The normalized spacial score (nSPS) is 11.1. The van der Waals surface area contributed by atoms with Gasteiger partial charge in [0.2, 0.25) is 0 Å². The molecule has 0 unspecified atom stereocenters. The minimum absolute atomic E-state index is 0.0266. The molecule has 0 aliphatic carbocycles. The van der Waals surface area contributed by atoms with Gasteiger partial charge in [-0.2, -0.15) is 0 Å². The number of halogens is 1. The summed E-state index contributed by atoms with van der Waals surface area (Å²) in [4.78, 5) is 22.0. The molecule has 0 bridgehead atoms. The van der Waals surface area contributed by atoms with Crippen molar-refractivity contribution in [3.63, 3.8) is 0 Å². The zero-order valence-corrected chi connectivity index (χ0v) is 16.0. The molecule has 0 radical (unpaired) electrons. The average molecular weight is 413 g/mol. The van der Waals surface area contributed by atoms with Gasteiger partial charge in [0.05, 0.1) is 16.3 Å². The quantitative estimate of drug-likeness (QED) is 0.716. The highest BCUT2D eigenvalue weighted by Crippen LogP contribution is 2.34. The summed E-state index contributed by atoms with van der Waals surface area (Å²) in [5.74, 6) is -1.87. The second kappa shape index (κ2) is 7.85. The molecule has 8 nitrogen and oxygen atoms in total. The SMILES string of the molecule is Cc1cc(Cl)c(S(=O)(=O)N(C)c2ccccc2C(=O)O)cc1OCC(N)=O. The standard InChI is InChI=1S/C17H17ClN2O6S/c1-10-7-12(18)15(8-14(10)26-9-16(19)21)27(24,25)20(2)13-6-4-3-5-11(13)17(22)23/h3-8H,9H2,1-2H3,(H2,19,21)(H,22,23). The van der Waals surface area contributed by atoms with E-state index < -0.39 is 28.5 Å². The van der Waals surface area contributed by atoms with Gasteiger partial charge in [-0.1, -0.05) is 23.7 Å². The van der Waals surface area contributed by atoms with E-state index in [9.17, 15) is 23.1 Å². The van der Waals surface area contributed by atoms with Crippen LogP contribution in [0.5, 0.6) is 5.75 Å². The van der Waals surface area contributed by atoms with Gasteiger partial charge in [0.15, 0.2) is 6.61 Å². The number of hydrogen-bond donors (Lipinski definition) is 2. The maximum absolute atomic E-state index is 13.0. The van der Waals surface area contributed by atoms with Gasteiger partial charge in [0.1, 0.15) is 10.6 Å². The predicted molar refractivity (Wildman–Crippen MR) is 99.9 cm³/mol. The predicted octanol–water partition coefficient (Wildman–Crippen LogP) is 2.04. The molecule has 3 N–H and O–H groups in total. The summed E-state index contributed by atoms with van der Waals surface area (Å²) >= 11 is 6.11. The van der Waals surface area contributed by atoms with Gasteiger partial charge in [0, 0.05) is 13.1 Å². The van der Waals surface area contributed by atoms with Gasteiger partial charge >= 0.3 is 5.97 Å². The number of ether oxygens (including phenoxy) is 1. The number of primary amides is 1. The highest BCUT2D eigenvalue weighted by molar-refractivity contribution is 7.93. The van der Waals surface area contributed by atoms with Crippen LogP contribution in [0.2, 0.25) is 5.02 Å². The van der Waals surface area contributed by atoms with E-state index in [1.807, 2.05) is 0 Å². The number of carbonyl (C=O) groups excluding carboxylic acids is 1. The number of aryl methyl sites for hydroxylation is 1. The van der Waals surface area contributed by atoms with Crippen molar-refractivity contribution >= 4 is 39.2 Å². The Hall–Kier alpha value is -2.78. The fourth-order valence-corrected chi connectivity index (χ4v) is 4.13. The molecule has 0 saturated heterocycles. The molecule has 2 rings (SSSR count). The number of nitrogens with two attached hydrogens (primary N) is 1. The number of carboxylic acids is 1. The van der Waals surface area contributed by atoms with E-state index >= 15 is 0 Å². The molecule has 0 heterocycles. The van der Waals surface area contributed by atoms with Crippen LogP contribution in [0, 0.1) is 6.92 Å². The van der Waals surface area contributed by atoms with Crippen molar-refractivity contribution in [1.82, 2.24) is 0 Å². The summed E-state index contributed by atoms with van der Waals surface area (Å²) in [7, 11) is -3.00. The number of nitrogens with zero attached hydrogens (tertiary/aromatic N) is 1. The number of amides is 1. The van der Waals surface area contributed by atoms with Crippen molar-refractivity contribution in [2.75, 3.05) is 18.0 Å². The first-order chi connectivity index (χ1) is 12.6. The van der Waals surface area contributed by atoms with Crippen molar-refractivity contribution in [2.45, 2.75) is 11.8 Å². The average Bonchev–Trinajstić information content (AvgIpc) is 2.59. The number of anilines is 1. The summed E-state index contributed by atoms with van der Waals surface area (Å²) in [6.07, 6.45) is 0. The molecule has 27 heavy (non-hydrogen) atoms. The first-order valence-corrected chi connectivity index (χ1v) is 9.40. The van der Waals surface area contributed by atoms with Crippen LogP contribution in [0.25, 0.3) is 0 Å². The van der Waals surface area contributed by atoms with Gasteiger partial charge in [-0.25, -0.2) is 13.2 Å². The summed E-state index contributed by atoms with van der Waals surface area (Å²) < 4.78 is 32.1. The molecule has 0 aromatic heterocycles. The summed E-state index contributed by atoms with van der Waals surface area (Å²) in [5, 5.41) is 9.23. The number of hydrogen-bond acceptors (Lipinski definition) is 5. The number of carboxylic acid groups (broad SMARTS) is 1. The second-order valence-electron chi connectivity index (χ2n) is 5.60. The smallest absolute Gasteiger partial charge is 0.337 e. The van der Waals surface area contributed by atoms with E-state index in [-0.39, 0.29) is 26.9 Å². The third kappa shape index (κ3) is 4.32. The number of aromatic carboxylic acids is 1. The molecular weight excluding hydrogens is 396 g/mol. The van der Waals surface area contributed by atoms with E-state index in [4.69, 9.17) is 22.1 Å². The van der Waals surface area contributed by atoms with Gasteiger partial charge in [0.25, 0.3) is 15.9 Å². The van der Waals surface area contributed by atoms with Crippen LogP contribution in [0.4, 0.5) is 5.69 Å². The van der Waals surface area contributed by atoms with Crippen LogP contribution in [-0.4, -0.2) is 39.1 Å². The van der Waals surface area contributed by atoms with Gasteiger partial charge in [-0.05, 0) is 30.7 Å². The van der Waals surface area contributed by atoms with Gasteiger partial charge < -0.3 is 15.6 Å². The molecule has 0 spiro atoms. The van der Waals surface area contributed by atoms with E-state index in [1.165, 1.54) is 43.4 Å². The summed E-state index contributed by atoms with van der Waals surface area (Å²) in [6, 6.07) is 8.22. The Morgan fingerprint density at radius 1 is 1.26 bits per heavy atom. The first-order valence-electron chi connectivity index (χ1n) is 7.58. The molecule has 1 amide bonds. The fourth-order valence-electron chi connectivity index (χ4n) is 2.34. The van der Waals surface area contributed by atoms with Crippen molar-refractivity contribution in [2.24, 2.45) is 5.73 Å². The topological polar surface area (TPSA) is 127 Å². The Bertz CT molecular complexity index is 1010. The highest BCUT2D eigenvalue weighted by atomic mass is 35.5. The van der Waals surface area contributed by atoms with Crippen LogP contribution < -0.4 is 14.8 Å². The molecule has 2 aromatic carbocycles. The lowest BCUT2D eigenvalue weighted by molar-refractivity contribution is -0.119. The van der Waals surface area contributed by atoms with E-state index in [0.29, 0.717) is 5.56 Å². The van der Waals surface area contributed by atoms with E-state index in [1.54, 1.807) is 6.92 Å². The lowest BCUT2D eigenvalue weighted by Gasteiger charge is -2.22. The Labute approximate surface area is 161 Å². The largest absolute Gasteiger partial charge is 0.483 e. The molecule has 10 heteroatoms. The van der Waals surface area contributed by atoms with Gasteiger partial charge in [-0.3, -0.25) is 9.10 Å². The summed E-state index contributed by atoms with van der Waals surface area (Å²) in [6.45, 7) is 1.20. The van der Waals surface area contributed by atoms with E-state index in [2.05, 4.69) is 0 Å². The molecule has 0 fully saturated rings. The maximum Gasteiger partial charge on any atom is 0.337 e. The van der Waals surface area contributed by atoms with Crippen molar-refractivity contribution < 1.29 is 27.9 Å². The van der Waals surface area contributed by atoms with Crippen LogP contribution in [-0.2, 0) is 14.8 Å². The minimum atomic E-state index is -4.21. The number of rotatable bonds is 7. The maximum atomic E-state index is 13.0. The third-order valence-electron chi connectivity index (χ3n) is 3.71. The monoisotopic (exact) mass is 412 g/mol. The van der Waals surface area contributed by atoms with Crippen molar-refractivity contribution in [1.29, 1.82) is 0 Å². The zero-order valence-electron chi connectivity index (χ0n) is 14.5. The van der Waals surface area contributed by atoms with Crippen LogP contribution in [0.3, 0.4) is 0 Å². The molecule has 144 valence electrons. The molecule has 0 aliphatic heterocycles. The van der Waals surface area contributed by atoms with Gasteiger partial charge in [-0.15, -0.1) is 0 Å².